The van der Waals surface area contributed by atoms with Crippen LogP contribution in [-0.4, -0.2) is 25.6 Å². The van der Waals surface area contributed by atoms with Crippen LogP contribution in [0.4, 0.5) is 5.13 Å². The number of nitrogens with one attached hydrogen (secondary N) is 1. The maximum atomic E-state index is 12.3. The van der Waals surface area contributed by atoms with Crippen LogP contribution in [0.15, 0.2) is 59.6 Å². The summed E-state index contributed by atoms with van der Waals surface area (Å²) in [5, 5.41) is 3.89. The molecule has 0 radical (unpaired) electrons. The van der Waals surface area contributed by atoms with Crippen molar-refractivity contribution in [1.29, 1.82) is 0 Å². The largest absolute Gasteiger partial charge is 0.298 e. The monoisotopic (exact) mass is 406 g/mol. The molecule has 0 unspecified atom stereocenters. The van der Waals surface area contributed by atoms with Gasteiger partial charge in [0.15, 0.2) is 15.0 Å². The molecule has 0 atom stereocenters. The molecule has 0 aliphatic heterocycles. The van der Waals surface area contributed by atoms with E-state index in [1.807, 2.05) is 24.3 Å². The third-order valence-corrected chi connectivity index (χ3v) is 6.05. The normalized spacial score (nSPS) is 11.3. The Bertz CT molecular complexity index is 1040. The number of benzene rings is 2. The van der Waals surface area contributed by atoms with Crippen LogP contribution in [0.5, 0.6) is 0 Å². The maximum absolute atomic E-state index is 12.3. The first-order valence-corrected chi connectivity index (χ1v) is 10.7. The first kappa shape index (κ1) is 18.6. The number of carbonyl (C=O) groups is 1. The smallest absolute Gasteiger partial charge is 0.257 e. The Balaban J connectivity index is 1.69. The van der Waals surface area contributed by atoms with Crippen molar-refractivity contribution in [1.82, 2.24) is 4.98 Å². The minimum absolute atomic E-state index is 0.172. The standard InChI is InChI=1S/C18H15ClN2O3S2/c1-26(23,24)15-8-6-12(7-9-15)17(22)21-18-20-11-14(25-18)10-13-4-2-3-5-16(13)19/h2-9,11H,10H2,1H3,(H,20,21,22). The highest BCUT2D eigenvalue weighted by Crippen LogP contribution is 2.25. The van der Waals surface area contributed by atoms with Crippen LogP contribution in [0.1, 0.15) is 20.8 Å². The van der Waals surface area contributed by atoms with Gasteiger partial charge in [0, 0.05) is 34.3 Å². The van der Waals surface area contributed by atoms with Crippen molar-refractivity contribution in [2.24, 2.45) is 0 Å². The van der Waals surface area contributed by atoms with Crippen molar-refractivity contribution in [3.63, 3.8) is 0 Å². The van der Waals surface area contributed by atoms with Gasteiger partial charge in [-0.2, -0.15) is 0 Å². The van der Waals surface area contributed by atoms with E-state index in [0.717, 1.165) is 16.7 Å². The van der Waals surface area contributed by atoms with E-state index in [2.05, 4.69) is 10.3 Å². The second-order valence-electron chi connectivity index (χ2n) is 5.65. The molecule has 0 aliphatic carbocycles. The number of carbonyl (C=O) groups excluding carboxylic acids is 1. The molecule has 1 heterocycles. The Morgan fingerprint density at radius 3 is 2.50 bits per heavy atom. The Morgan fingerprint density at radius 2 is 1.85 bits per heavy atom. The van der Waals surface area contributed by atoms with Gasteiger partial charge in [-0.1, -0.05) is 29.8 Å². The summed E-state index contributed by atoms with van der Waals surface area (Å²) in [5.74, 6) is -0.344. The Hall–Kier alpha value is -2.22. The van der Waals surface area contributed by atoms with Crippen LogP contribution in [0.3, 0.4) is 0 Å². The van der Waals surface area contributed by atoms with Crippen LogP contribution in [0.2, 0.25) is 5.02 Å². The number of sulfone groups is 1. The molecule has 0 saturated heterocycles. The van der Waals surface area contributed by atoms with E-state index in [-0.39, 0.29) is 10.8 Å². The van der Waals surface area contributed by atoms with Gasteiger partial charge in [0.1, 0.15) is 0 Å². The van der Waals surface area contributed by atoms with Gasteiger partial charge in [-0.3, -0.25) is 10.1 Å². The second kappa shape index (κ2) is 7.57. The summed E-state index contributed by atoms with van der Waals surface area (Å²) < 4.78 is 22.9. The number of hydrogen-bond donors (Lipinski definition) is 1. The molecule has 0 aliphatic rings. The Morgan fingerprint density at radius 1 is 1.15 bits per heavy atom. The lowest BCUT2D eigenvalue weighted by atomic mass is 10.1. The summed E-state index contributed by atoms with van der Waals surface area (Å²) in [6.45, 7) is 0. The van der Waals surface area contributed by atoms with Gasteiger partial charge >= 0.3 is 0 Å². The molecule has 3 aromatic rings. The number of nitrogens with zero attached hydrogens (tertiary/aromatic N) is 1. The predicted molar refractivity (Wildman–Crippen MR) is 104 cm³/mol. The van der Waals surface area contributed by atoms with E-state index in [1.165, 1.54) is 35.6 Å². The van der Waals surface area contributed by atoms with Gasteiger partial charge in [0.05, 0.1) is 4.90 Å². The molecule has 134 valence electrons. The molecule has 1 N–H and O–H groups in total. The van der Waals surface area contributed by atoms with Crippen molar-refractivity contribution in [3.8, 4) is 0 Å². The predicted octanol–water partition coefficient (Wildman–Crippen LogP) is 4.04. The van der Waals surface area contributed by atoms with E-state index in [9.17, 15) is 13.2 Å². The summed E-state index contributed by atoms with van der Waals surface area (Å²) in [7, 11) is -3.29. The summed E-state index contributed by atoms with van der Waals surface area (Å²) in [6.07, 6.45) is 3.46. The summed E-state index contributed by atoms with van der Waals surface area (Å²) >= 11 is 7.53. The van der Waals surface area contributed by atoms with E-state index < -0.39 is 9.84 Å². The van der Waals surface area contributed by atoms with Gasteiger partial charge < -0.3 is 0 Å². The molecule has 0 bridgehead atoms. The zero-order valence-electron chi connectivity index (χ0n) is 13.8. The van der Waals surface area contributed by atoms with Gasteiger partial charge in [-0.05, 0) is 35.9 Å². The fourth-order valence-corrected chi connectivity index (χ4v) is 3.96. The molecular weight excluding hydrogens is 392 g/mol. The van der Waals surface area contributed by atoms with E-state index in [1.54, 1.807) is 6.20 Å². The lowest BCUT2D eigenvalue weighted by Gasteiger charge is -2.03. The summed E-state index contributed by atoms with van der Waals surface area (Å²) in [5.41, 5.74) is 1.35. The SMILES string of the molecule is CS(=O)(=O)c1ccc(C(=O)Nc2ncc(Cc3ccccc3Cl)s2)cc1. The highest BCUT2D eigenvalue weighted by Gasteiger charge is 2.12. The quantitative estimate of drug-likeness (QED) is 0.693. The molecule has 3 rings (SSSR count). The Labute approximate surface area is 160 Å². The van der Waals surface area contributed by atoms with Crippen molar-refractivity contribution >= 4 is 43.8 Å². The van der Waals surface area contributed by atoms with E-state index in [4.69, 9.17) is 11.6 Å². The number of rotatable bonds is 5. The third kappa shape index (κ3) is 4.49. The van der Waals surface area contributed by atoms with Crippen molar-refractivity contribution in [3.05, 3.63) is 75.8 Å². The lowest BCUT2D eigenvalue weighted by Crippen LogP contribution is -2.11. The average Bonchev–Trinajstić information content (AvgIpc) is 3.03. The van der Waals surface area contributed by atoms with Crippen LogP contribution >= 0.6 is 22.9 Å². The molecular formula is C18H15ClN2O3S2. The number of aromatic nitrogens is 1. The summed E-state index contributed by atoms with van der Waals surface area (Å²) in [4.78, 5) is 17.6. The first-order valence-electron chi connectivity index (χ1n) is 7.62. The average molecular weight is 407 g/mol. The second-order valence-corrected chi connectivity index (χ2v) is 9.19. The highest BCUT2D eigenvalue weighted by atomic mass is 35.5. The zero-order chi connectivity index (χ0) is 18.7. The number of amides is 1. The fraction of sp³-hybridized carbons (Fsp3) is 0.111. The summed E-state index contributed by atoms with van der Waals surface area (Å²) in [6, 6.07) is 13.4. The van der Waals surface area contributed by atoms with Gasteiger partial charge in [-0.15, -0.1) is 11.3 Å². The molecule has 5 nitrogen and oxygen atoms in total. The zero-order valence-corrected chi connectivity index (χ0v) is 16.2. The number of thiazole rings is 1. The lowest BCUT2D eigenvalue weighted by molar-refractivity contribution is 0.102. The van der Waals surface area contributed by atoms with Gasteiger partial charge in [0.2, 0.25) is 0 Å². The molecule has 1 amide bonds. The van der Waals surface area contributed by atoms with Crippen molar-refractivity contribution < 1.29 is 13.2 Å². The maximum Gasteiger partial charge on any atom is 0.257 e. The highest BCUT2D eigenvalue weighted by molar-refractivity contribution is 7.90. The molecule has 8 heteroatoms. The minimum atomic E-state index is -3.29. The Kier molecular flexibility index (Phi) is 5.41. The van der Waals surface area contributed by atoms with Crippen molar-refractivity contribution in [2.75, 3.05) is 11.6 Å². The van der Waals surface area contributed by atoms with Gasteiger partial charge in [-0.25, -0.2) is 13.4 Å². The van der Waals surface area contributed by atoms with Crippen LogP contribution < -0.4 is 5.32 Å². The molecule has 2 aromatic carbocycles. The fourth-order valence-electron chi connectivity index (χ4n) is 2.30. The molecule has 1 aromatic heterocycles. The minimum Gasteiger partial charge on any atom is -0.298 e. The molecule has 0 saturated carbocycles. The van der Waals surface area contributed by atoms with E-state index in [0.29, 0.717) is 22.1 Å². The van der Waals surface area contributed by atoms with Crippen LogP contribution in [0, 0.1) is 0 Å². The van der Waals surface area contributed by atoms with Gasteiger partial charge in [0.25, 0.3) is 5.91 Å². The number of anilines is 1. The molecule has 0 fully saturated rings. The number of halogens is 1. The topological polar surface area (TPSA) is 76.1 Å². The van der Waals surface area contributed by atoms with E-state index >= 15 is 0 Å². The first-order chi connectivity index (χ1) is 12.3. The van der Waals surface area contributed by atoms with Crippen LogP contribution in [-0.2, 0) is 16.3 Å². The molecule has 0 spiro atoms. The third-order valence-electron chi connectivity index (χ3n) is 3.64. The van der Waals surface area contributed by atoms with Crippen LogP contribution in [0.25, 0.3) is 0 Å². The molecule has 26 heavy (non-hydrogen) atoms. The number of hydrogen-bond acceptors (Lipinski definition) is 5. The van der Waals surface area contributed by atoms with Crippen molar-refractivity contribution in [2.45, 2.75) is 11.3 Å².